The van der Waals surface area contributed by atoms with Crippen LogP contribution in [0, 0.1) is 0 Å². The molecular formula is C10H14N2OS. The second-order valence-electron chi connectivity index (χ2n) is 3.67. The highest BCUT2D eigenvalue weighted by Gasteiger charge is 2.24. The highest BCUT2D eigenvalue weighted by atomic mass is 32.1. The molecule has 0 spiro atoms. The second-order valence-corrected chi connectivity index (χ2v) is 4.65. The molecule has 1 amide bonds. The Balaban J connectivity index is 1.81. The SMILES string of the molecule is NC(CC(=O)NC1CC1)c1cccs1. The van der Waals surface area contributed by atoms with Crippen molar-refractivity contribution >= 4 is 17.2 Å². The van der Waals surface area contributed by atoms with Crippen molar-refractivity contribution in [3.05, 3.63) is 22.4 Å². The van der Waals surface area contributed by atoms with Gasteiger partial charge in [-0.3, -0.25) is 4.79 Å². The third kappa shape index (κ3) is 2.56. The lowest BCUT2D eigenvalue weighted by Gasteiger charge is -2.09. The van der Waals surface area contributed by atoms with E-state index >= 15 is 0 Å². The lowest BCUT2D eigenvalue weighted by molar-refractivity contribution is -0.121. The minimum Gasteiger partial charge on any atom is -0.353 e. The van der Waals surface area contributed by atoms with E-state index in [1.807, 2.05) is 17.5 Å². The average Bonchev–Trinajstić information content (AvgIpc) is 2.80. The number of nitrogens with two attached hydrogens (primary N) is 1. The summed E-state index contributed by atoms with van der Waals surface area (Å²) >= 11 is 1.60. The van der Waals surface area contributed by atoms with E-state index in [2.05, 4.69) is 5.32 Å². The molecule has 1 aromatic rings. The molecular weight excluding hydrogens is 196 g/mol. The summed E-state index contributed by atoms with van der Waals surface area (Å²) in [5.41, 5.74) is 5.89. The summed E-state index contributed by atoms with van der Waals surface area (Å²) < 4.78 is 0. The maximum atomic E-state index is 11.4. The largest absolute Gasteiger partial charge is 0.353 e. The first-order chi connectivity index (χ1) is 6.75. The number of carbonyl (C=O) groups is 1. The Kier molecular flexibility index (Phi) is 2.84. The van der Waals surface area contributed by atoms with Crippen LogP contribution < -0.4 is 11.1 Å². The highest BCUT2D eigenvalue weighted by Crippen LogP contribution is 2.22. The van der Waals surface area contributed by atoms with Crippen LogP contribution in [0.5, 0.6) is 0 Å². The van der Waals surface area contributed by atoms with Gasteiger partial charge in [-0.2, -0.15) is 0 Å². The van der Waals surface area contributed by atoms with E-state index < -0.39 is 0 Å². The smallest absolute Gasteiger partial charge is 0.222 e. The van der Waals surface area contributed by atoms with E-state index in [0.29, 0.717) is 12.5 Å². The van der Waals surface area contributed by atoms with Gasteiger partial charge in [-0.1, -0.05) is 6.07 Å². The van der Waals surface area contributed by atoms with Gasteiger partial charge in [0.25, 0.3) is 0 Å². The van der Waals surface area contributed by atoms with Crippen molar-refractivity contribution in [2.24, 2.45) is 5.73 Å². The monoisotopic (exact) mass is 210 g/mol. The number of amides is 1. The summed E-state index contributed by atoms with van der Waals surface area (Å²) in [6, 6.07) is 4.21. The number of thiophene rings is 1. The molecule has 1 aromatic heterocycles. The molecule has 4 heteroatoms. The van der Waals surface area contributed by atoms with Gasteiger partial charge in [-0.15, -0.1) is 11.3 Å². The van der Waals surface area contributed by atoms with Gasteiger partial charge < -0.3 is 11.1 Å². The molecule has 1 fully saturated rings. The topological polar surface area (TPSA) is 55.1 Å². The second kappa shape index (κ2) is 4.11. The van der Waals surface area contributed by atoms with Crippen molar-refractivity contribution < 1.29 is 4.79 Å². The number of carbonyl (C=O) groups excluding carboxylic acids is 1. The van der Waals surface area contributed by atoms with E-state index in [9.17, 15) is 4.79 Å². The Hall–Kier alpha value is -0.870. The summed E-state index contributed by atoms with van der Waals surface area (Å²) in [5.74, 6) is 0.0772. The van der Waals surface area contributed by atoms with E-state index in [4.69, 9.17) is 5.73 Å². The third-order valence-electron chi connectivity index (χ3n) is 2.26. The lowest BCUT2D eigenvalue weighted by atomic mass is 10.2. The van der Waals surface area contributed by atoms with Crippen LogP contribution in [0.4, 0.5) is 0 Å². The van der Waals surface area contributed by atoms with Gasteiger partial charge >= 0.3 is 0 Å². The van der Waals surface area contributed by atoms with E-state index in [1.165, 1.54) is 0 Å². The zero-order chi connectivity index (χ0) is 9.97. The number of hydrogen-bond donors (Lipinski definition) is 2. The first kappa shape index (κ1) is 9.68. The van der Waals surface area contributed by atoms with Crippen molar-refractivity contribution in [3.63, 3.8) is 0 Å². The van der Waals surface area contributed by atoms with Crippen LogP contribution in [0.3, 0.4) is 0 Å². The summed E-state index contributed by atoms with van der Waals surface area (Å²) in [7, 11) is 0. The van der Waals surface area contributed by atoms with Crippen molar-refractivity contribution in [2.75, 3.05) is 0 Å². The predicted molar refractivity (Wildman–Crippen MR) is 57.0 cm³/mol. The number of rotatable bonds is 4. The summed E-state index contributed by atoms with van der Waals surface area (Å²) in [6.45, 7) is 0. The van der Waals surface area contributed by atoms with Crippen molar-refractivity contribution in [2.45, 2.75) is 31.3 Å². The summed E-state index contributed by atoms with van der Waals surface area (Å²) in [6.07, 6.45) is 2.65. The fourth-order valence-electron chi connectivity index (χ4n) is 1.32. The molecule has 0 aliphatic heterocycles. The van der Waals surface area contributed by atoms with E-state index in [-0.39, 0.29) is 11.9 Å². The van der Waals surface area contributed by atoms with Gasteiger partial charge in [0.15, 0.2) is 0 Å². The summed E-state index contributed by atoms with van der Waals surface area (Å²) in [5, 5.41) is 4.91. The molecule has 14 heavy (non-hydrogen) atoms. The van der Waals surface area contributed by atoms with Gasteiger partial charge in [-0.25, -0.2) is 0 Å². The normalized spacial score (nSPS) is 17.8. The molecule has 3 N–H and O–H groups in total. The molecule has 1 aliphatic carbocycles. The Bertz CT molecular complexity index is 306. The Morgan fingerprint density at radius 2 is 2.50 bits per heavy atom. The Labute approximate surface area is 87.3 Å². The molecule has 1 aliphatic rings. The number of hydrogen-bond acceptors (Lipinski definition) is 3. The maximum absolute atomic E-state index is 11.4. The molecule has 76 valence electrons. The van der Waals surface area contributed by atoms with Crippen molar-refractivity contribution in [3.8, 4) is 0 Å². The van der Waals surface area contributed by atoms with Gasteiger partial charge in [0.2, 0.25) is 5.91 Å². The lowest BCUT2D eigenvalue weighted by Crippen LogP contribution is -2.28. The first-order valence-corrected chi connectivity index (χ1v) is 5.72. The van der Waals surface area contributed by atoms with E-state index in [0.717, 1.165) is 17.7 Å². The van der Waals surface area contributed by atoms with Crippen LogP contribution in [0.25, 0.3) is 0 Å². The van der Waals surface area contributed by atoms with Crippen LogP contribution in [0.15, 0.2) is 17.5 Å². The minimum absolute atomic E-state index is 0.0772. The fraction of sp³-hybridized carbons (Fsp3) is 0.500. The molecule has 0 radical (unpaired) electrons. The van der Waals surface area contributed by atoms with Crippen LogP contribution >= 0.6 is 11.3 Å². The van der Waals surface area contributed by atoms with Gasteiger partial charge in [0.05, 0.1) is 0 Å². The van der Waals surface area contributed by atoms with Gasteiger partial charge in [0, 0.05) is 23.4 Å². The van der Waals surface area contributed by atoms with Crippen molar-refractivity contribution in [1.82, 2.24) is 5.32 Å². The molecule has 1 saturated carbocycles. The Morgan fingerprint density at radius 3 is 3.07 bits per heavy atom. The molecule has 1 heterocycles. The average molecular weight is 210 g/mol. The van der Waals surface area contributed by atoms with Crippen molar-refractivity contribution in [1.29, 1.82) is 0 Å². The van der Waals surface area contributed by atoms with Gasteiger partial charge in [0.1, 0.15) is 0 Å². The molecule has 3 nitrogen and oxygen atoms in total. The zero-order valence-corrected chi connectivity index (χ0v) is 8.72. The summed E-state index contributed by atoms with van der Waals surface area (Å²) in [4.78, 5) is 12.5. The van der Waals surface area contributed by atoms with Crippen LogP contribution in [-0.2, 0) is 4.79 Å². The third-order valence-corrected chi connectivity index (χ3v) is 3.26. The molecule has 0 saturated heterocycles. The minimum atomic E-state index is -0.145. The van der Waals surface area contributed by atoms with Crippen LogP contribution in [0.2, 0.25) is 0 Å². The quantitative estimate of drug-likeness (QED) is 0.789. The van der Waals surface area contributed by atoms with E-state index in [1.54, 1.807) is 11.3 Å². The molecule has 1 atom stereocenters. The van der Waals surface area contributed by atoms with Gasteiger partial charge in [-0.05, 0) is 24.3 Å². The molecule has 1 unspecified atom stereocenters. The van der Waals surface area contributed by atoms with Crippen LogP contribution in [-0.4, -0.2) is 11.9 Å². The fourth-order valence-corrected chi connectivity index (χ4v) is 2.05. The Morgan fingerprint density at radius 1 is 1.71 bits per heavy atom. The highest BCUT2D eigenvalue weighted by molar-refractivity contribution is 7.10. The maximum Gasteiger partial charge on any atom is 0.222 e. The van der Waals surface area contributed by atoms with Crippen LogP contribution in [0.1, 0.15) is 30.2 Å². The number of nitrogens with one attached hydrogen (secondary N) is 1. The molecule has 0 bridgehead atoms. The zero-order valence-electron chi connectivity index (χ0n) is 7.90. The molecule has 2 rings (SSSR count). The standard InChI is InChI=1S/C10H14N2OS/c11-8(9-2-1-5-14-9)6-10(13)12-7-3-4-7/h1-2,5,7-8H,3-4,6,11H2,(H,12,13). The first-order valence-electron chi connectivity index (χ1n) is 4.84. The predicted octanol–water partition coefficient (Wildman–Crippen LogP) is 1.42. The molecule has 0 aromatic carbocycles.